The van der Waals surface area contributed by atoms with Crippen molar-refractivity contribution in [2.45, 2.75) is 12.5 Å². The van der Waals surface area contributed by atoms with Crippen LogP contribution in [0, 0.1) is 5.82 Å². The van der Waals surface area contributed by atoms with Crippen LogP contribution >= 0.6 is 11.6 Å². The first kappa shape index (κ1) is 15.5. The Hall–Kier alpha value is -2.40. The van der Waals surface area contributed by atoms with Gasteiger partial charge in [0, 0.05) is 17.8 Å². The predicted octanol–water partition coefficient (Wildman–Crippen LogP) is 3.01. The van der Waals surface area contributed by atoms with Gasteiger partial charge in [-0.05, 0) is 36.8 Å². The zero-order valence-electron chi connectivity index (χ0n) is 12.1. The highest BCUT2D eigenvalue weighted by Crippen LogP contribution is 2.22. The molecule has 1 heterocycles. The monoisotopic (exact) mass is 332 g/mol. The maximum absolute atomic E-state index is 13.1. The van der Waals surface area contributed by atoms with E-state index in [1.165, 1.54) is 12.1 Å². The highest BCUT2D eigenvalue weighted by Gasteiger charge is 2.33. The van der Waals surface area contributed by atoms with Crippen molar-refractivity contribution >= 4 is 29.1 Å². The maximum atomic E-state index is 13.1. The van der Waals surface area contributed by atoms with Gasteiger partial charge in [0.25, 0.3) is 5.91 Å². The third kappa shape index (κ3) is 3.19. The van der Waals surface area contributed by atoms with Crippen molar-refractivity contribution < 1.29 is 14.0 Å². The molecule has 1 atom stereocenters. The molecular weight excluding hydrogens is 319 g/mol. The number of hydrogen-bond acceptors (Lipinski definition) is 2. The van der Waals surface area contributed by atoms with Crippen LogP contribution in [-0.4, -0.2) is 24.4 Å². The van der Waals surface area contributed by atoms with Gasteiger partial charge < -0.3 is 10.2 Å². The van der Waals surface area contributed by atoms with Crippen LogP contribution in [0.15, 0.2) is 48.5 Å². The molecule has 2 amide bonds. The minimum atomic E-state index is -0.591. The molecule has 4 nitrogen and oxygen atoms in total. The Kier molecular flexibility index (Phi) is 4.30. The lowest BCUT2D eigenvalue weighted by Crippen LogP contribution is -2.41. The molecule has 0 aliphatic carbocycles. The summed E-state index contributed by atoms with van der Waals surface area (Å²) in [4.78, 5) is 26.3. The van der Waals surface area contributed by atoms with E-state index in [-0.39, 0.29) is 16.5 Å². The zero-order chi connectivity index (χ0) is 16.4. The molecule has 0 unspecified atom stereocenters. The Balaban J connectivity index is 1.70. The van der Waals surface area contributed by atoms with E-state index in [0.717, 1.165) is 11.8 Å². The van der Waals surface area contributed by atoms with Gasteiger partial charge in [-0.3, -0.25) is 9.59 Å². The van der Waals surface area contributed by atoms with Gasteiger partial charge in [-0.2, -0.15) is 0 Å². The smallest absolute Gasteiger partial charge is 0.251 e. The number of nitrogens with one attached hydrogen (secondary N) is 1. The molecular formula is C17H14ClFN2O2. The lowest BCUT2D eigenvalue weighted by molar-refractivity contribution is -0.118. The molecule has 2 aromatic carbocycles. The van der Waals surface area contributed by atoms with Crippen LogP contribution in [-0.2, 0) is 4.79 Å². The molecule has 0 spiro atoms. The van der Waals surface area contributed by atoms with E-state index in [1.807, 2.05) is 30.3 Å². The van der Waals surface area contributed by atoms with Gasteiger partial charge in [0.2, 0.25) is 5.91 Å². The normalized spacial score (nSPS) is 17.4. The first-order valence-electron chi connectivity index (χ1n) is 7.18. The van der Waals surface area contributed by atoms with E-state index in [0.29, 0.717) is 13.0 Å². The highest BCUT2D eigenvalue weighted by atomic mass is 35.5. The molecule has 0 bridgehead atoms. The number of rotatable bonds is 3. The van der Waals surface area contributed by atoms with Crippen molar-refractivity contribution in [2.75, 3.05) is 11.4 Å². The van der Waals surface area contributed by atoms with Gasteiger partial charge in [0.15, 0.2) is 0 Å². The summed E-state index contributed by atoms with van der Waals surface area (Å²) in [7, 11) is 0. The van der Waals surface area contributed by atoms with Gasteiger partial charge in [0.1, 0.15) is 11.9 Å². The average molecular weight is 333 g/mol. The van der Waals surface area contributed by atoms with Crippen LogP contribution < -0.4 is 10.2 Å². The number of carbonyl (C=O) groups is 2. The molecule has 6 heteroatoms. The van der Waals surface area contributed by atoms with E-state index in [9.17, 15) is 14.0 Å². The number of hydrogen-bond donors (Lipinski definition) is 1. The van der Waals surface area contributed by atoms with Crippen molar-refractivity contribution in [1.82, 2.24) is 5.32 Å². The largest absolute Gasteiger partial charge is 0.340 e. The fourth-order valence-electron chi connectivity index (χ4n) is 2.56. The van der Waals surface area contributed by atoms with Crippen molar-refractivity contribution in [2.24, 2.45) is 0 Å². The number of halogens is 2. The van der Waals surface area contributed by atoms with Crippen molar-refractivity contribution in [3.63, 3.8) is 0 Å². The molecule has 0 saturated carbocycles. The Bertz CT molecular complexity index is 752. The maximum Gasteiger partial charge on any atom is 0.251 e. The Morgan fingerprint density at radius 1 is 1.22 bits per heavy atom. The molecule has 1 fully saturated rings. The number of amides is 2. The summed E-state index contributed by atoms with van der Waals surface area (Å²) in [5, 5.41) is 2.56. The first-order valence-corrected chi connectivity index (χ1v) is 7.56. The molecule has 1 N–H and O–H groups in total. The van der Waals surface area contributed by atoms with Crippen molar-refractivity contribution in [1.29, 1.82) is 0 Å². The van der Waals surface area contributed by atoms with Gasteiger partial charge in [-0.1, -0.05) is 29.8 Å². The summed E-state index contributed by atoms with van der Waals surface area (Å²) in [5.41, 5.74) is 1.03. The van der Waals surface area contributed by atoms with Crippen molar-refractivity contribution in [3.05, 3.63) is 64.9 Å². The third-order valence-electron chi connectivity index (χ3n) is 3.76. The fourth-order valence-corrected chi connectivity index (χ4v) is 2.74. The van der Waals surface area contributed by atoms with Gasteiger partial charge in [0.05, 0.1) is 5.02 Å². The third-order valence-corrected chi connectivity index (χ3v) is 4.05. The minimum Gasteiger partial charge on any atom is -0.340 e. The number of nitrogens with zero attached hydrogens (tertiary/aromatic N) is 1. The van der Waals surface area contributed by atoms with Crippen molar-refractivity contribution in [3.8, 4) is 0 Å². The molecule has 118 valence electrons. The molecule has 3 rings (SSSR count). The minimum absolute atomic E-state index is 0.124. The van der Waals surface area contributed by atoms with Crippen LogP contribution in [0.25, 0.3) is 0 Å². The Morgan fingerprint density at radius 3 is 2.65 bits per heavy atom. The summed E-state index contributed by atoms with van der Waals surface area (Å²) in [6, 6.07) is 12.4. The van der Waals surface area contributed by atoms with Gasteiger partial charge in [-0.15, -0.1) is 0 Å². The quantitative estimate of drug-likeness (QED) is 0.939. The number of para-hydroxylation sites is 1. The summed E-state index contributed by atoms with van der Waals surface area (Å²) in [5.74, 6) is -1.19. The second kappa shape index (κ2) is 6.38. The number of anilines is 1. The van der Waals surface area contributed by atoms with Crippen LogP contribution in [0.5, 0.6) is 0 Å². The lowest BCUT2D eigenvalue weighted by Gasteiger charge is -2.17. The summed E-state index contributed by atoms with van der Waals surface area (Å²) in [6.07, 6.45) is 0.522. The second-order valence-corrected chi connectivity index (χ2v) is 5.68. The predicted molar refractivity (Wildman–Crippen MR) is 86.1 cm³/mol. The second-order valence-electron chi connectivity index (χ2n) is 5.27. The van der Waals surface area contributed by atoms with Crippen LogP contribution in [0.1, 0.15) is 16.8 Å². The molecule has 1 aliphatic heterocycles. The number of carbonyl (C=O) groups excluding carboxylic acids is 2. The topological polar surface area (TPSA) is 49.4 Å². The molecule has 0 aromatic heterocycles. The van der Waals surface area contributed by atoms with Crippen LogP contribution in [0.2, 0.25) is 5.02 Å². The van der Waals surface area contributed by atoms with E-state index in [1.54, 1.807) is 4.90 Å². The standard InChI is InChI=1S/C17H14ClFN2O2/c18-13-10-11(6-7-14(13)19)16(22)20-15-8-9-21(17(15)23)12-4-2-1-3-5-12/h1-7,10,15H,8-9H2,(H,20,22)/t15-/m1/s1. The van der Waals surface area contributed by atoms with E-state index in [4.69, 9.17) is 11.6 Å². The number of benzene rings is 2. The molecule has 23 heavy (non-hydrogen) atoms. The summed E-state index contributed by atoms with van der Waals surface area (Å²) >= 11 is 5.68. The molecule has 1 aliphatic rings. The Labute approximate surface area is 137 Å². The van der Waals surface area contributed by atoms with Crippen LogP contribution in [0.3, 0.4) is 0 Å². The first-order chi connectivity index (χ1) is 11.1. The van der Waals surface area contributed by atoms with Gasteiger partial charge in [-0.25, -0.2) is 4.39 Å². The lowest BCUT2D eigenvalue weighted by atomic mass is 10.2. The van der Waals surface area contributed by atoms with E-state index < -0.39 is 17.8 Å². The van der Waals surface area contributed by atoms with E-state index in [2.05, 4.69) is 5.32 Å². The van der Waals surface area contributed by atoms with Crippen LogP contribution in [0.4, 0.5) is 10.1 Å². The van der Waals surface area contributed by atoms with Gasteiger partial charge >= 0.3 is 0 Å². The summed E-state index contributed by atoms with van der Waals surface area (Å²) in [6.45, 7) is 0.540. The molecule has 0 radical (unpaired) electrons. The Morgan fingerprint density at radius 2 is 1.96 bits per heavy atom. The highest BCUT2D eigenvalue weighted by molar-refractivity contribution is 6.31. The van der Waals surface area contributed by atoms with E-state index >= 15 is 0 Å². The zero-order valence-corrected chi connectivity index (χ0v) is 12.9. The molecule has 2 aromatic rings. The fraction of sp³-hybridized carbons (Fsp3) is 0.176. The SMILES string of the molecule is O=C(N[C@@H]1CCN(c2ccccc2)C1=O)c1ccc(F)c(Cl)c1. The summed E-state index contributed by atoms with van der Waals surface area (Å²) < 4.78 is 13.1. The average Bonchev–Trinajstić information content (AvgIpc) is 2.92. The molecule has 1 saturated heterocycles.